The predicted octanol–water partition coefficient (Wildman–Crippen LogP) is 16.8. The second-order valence-corrected chi connectivity index (χ2v) is 16.6. The Morgan fingerprint density at radius 3 is 1.14 bits per heavy atom. The van der Waals surface area contributed by atoms with Crippen molar-refractivity contribution < 1.29 is 24.2 Å². The van der Waals surface area contributed by atoms with E-state index in [1.165, 1.54) is 161 Å². The average molecular weight is 830 g/mol. The average Bonchev–Trinajstić information content (AvgIpc) is 3.20. The van der Waals surface area contributed by atoms with Gasteiger partial charge >= 0.3 is 5.97 Å². The van der Waals surface area contributed by atoms with Gasteiger partial charge in [0.15, 0.2) is 0 Å². The third kappa shape index (κ3) is 66.7. The maximum absolute atomic E-state index is 12.5. The fourth-order valence-electron chi connectivity index (χ4n) is 6.43. The zero-order valence-electron chi connectivity index (χ0n) is 41.9. The fourth-order valence-corrected chi connectivity index (χ4v) is 6.43. The monoisotopic (exact) mass is 830 g/mol. The zero-order chi connectivity index (χ0) is 44.6. The Balaban J connectivity index is -0.000000333. The number of ether oxygens (including phenoxy) is 2. The molecule has 0 aromatic carbocycles. The van der Waals surface area contributed by atoms with Crippen molar-refractivity contribution in [3.8, 4) is 0 Å². The number of hydrogen-bond donors (Lipinski definition) is 1. The van der Waals surface area contributed by atoms with Crippen LogP contribution in [0, 0.1) is 0 Å². The van der Waals surface area contributed by atoms with Gasteiger partial charge in [0.25, 0.3) is 6.47 Å². The van der Waals surface area contributed by atoms with Crippen LogP contribution < -0.4 is 0 Å². The first-order valence-electron chi connectivity index (χ1n) is 25.9. The summed E-state index contributed by atoms with van der Waals surface area (Å²) < 4.78 is 10.9. The van der Waals surface area contributed by atoms with Crippen LogP contribution in [-0.4, -0.2) is 60.9 Å². The molecule has 0 aliphatic rings. The molecule has 0 bridgehead atoms. The van der Waals surface area contributed by atoms with E-state index in [0.29, 0.717) is 12.9 Å². The minimum Gasteiger partial charge on any atom is -0.465 e. The van der Waals surface area contributed by atoms with Gasteiger partial charge in [-0.2, -0.15) is 0 Å². The molecule has 0 aromatic heterocycles. The highest BCUT2D eigenvalue weighted by atomic mass is 16.5. The number of unbranched alkanes of at least 4 members (excludes halogenated alkanes) is 20. The van der Waals surface area contributed by atoms with Crippen LogP contribution in [0.15, 0.2) is 0 Å². The molecule has 6 heteroatoms. The number of esters is 1. The van der Waals surface area contributed by atoms with Crippen LogP contribution in [-0.2, 0) is 19.1 Å². The molecule has 0 aliphatic carbocycles. The summed E-state index contributed by atoms with van der Waals surface area (Å²) in [6.45, 7) is 27.5. The van der Waals surface area contributed by atoms with Gasteiger partial charge in [0.05, 0.1) is 6.61 Å². The Morgan fingerprint density at radius 1 is 0.466 bits per heavy atom. The van der Waals surface area contributed by atoms with Crippen LogP contribution in [0.4, 0.5) is 0 Å². The van der Waals surface area contributed by atoms with Gasteiger partial charge in [-0.25, -0.2) is 0 Å². The molecule has 0 fully saturated rings. The van der Waals surface area contributed by atoms with E-state index in [1.807, 2.05) is 0 Å². The SMILES string of the molecule is CCC.CCC.CCC.CCCCCCCCC(CC)OC=O.CCCCCCCCC(CCCCCCCC)OC(=O)CCCCCN(CCO)CCCCCC. The van der Waals surface area contributed by atoms with Gasteiger partial charge in [0, 0.05) is 13.0 Å². The fraction of sp³-hybridized carbons (Fsp3) is 0.962. The number of nitrogens with zero attached hydrogens (tertiary/aromatic N) is 1. The summed E-state index contributed by atoms with van der Waals surface area (Å²) in [5.74, 6) is 0.0127. The minimum atomic E-state index is 0.0127. The second kappa shape index (κ2) is 65.0. The molecule has 1 atom stereocenters. The Bertz CT molecular complexity index is 670. The Hall–Kier alpha value is -1.14. The molecule has 0 radical (unpaired) electrons. The van der Waals surface area contributed by atoms with Crippen LogP contribution in [0.25, 0.3) is 0 Å². The quantitative estimate of drug-likeness (QED) is 0.0379. The Kier molecular flexibility index (Phi) is 73.9. The maximum Gasteiger partial charge on any atom is 0.306 e. The number of rotatable bonds is 38. The summed E-state index contributed by atoms with van der Waals surface area (Å²) >= 11 is 0. The molecular formula is C52H111NO5. The first kappa shape index (κ1) is 66.0. The summed E-state index contributed by atoms with van der Waals surface area (Å²) in [7, 11) is 0. The van der Waals surface area contributed by atoms with E-state index in [2.05, 4.69) is 81.1 Å². The van der Waals surface area contributed by atoms with Crippen molar-refractivity contribution in [3.63, 3.8) is 0 Å². The number of aliphatic hydroxyl groups is 1. The molecule has 6 nitrogen and oxygen atoms in total. The summed E-state index contributed by atoms with van der Waals surface area (Å²) in [5, 5.41) is 9.33. The second-order valence-electron chi connectivity index (χ2n) is 16.6. The standard InChI is InChI=1S/C31H63NO3.C12H24O2.3C3H8/c1-4-7-10-13-15-18-23-30(24-19-16-14-11-8-5-2)35-31(34)25-20-17-22-27-32(28-29-33)26-21-12-9-6-3;1-3-5-6-7-8-9-10-12(4-2)14-11-13;3*1-3-2/h30,33H,4-29H2,1-3H3;11-12H,3-10H2,1-2H3;3*3H2,1-2H3. The van der Waals surface area contributed by atoms with Crippen molar-refractivity contribution in [2.45, 2.75) is 300 Å². The minimum absolute atomic E-state index is 0.0127. The molecule has 0 rings (SSSR count). The number of carbonyl (C=O) groups is 2. The molecular weight excluding hydrogens is 719 g/mol. The van der Waals surface area contributed by atoms with E-state index in [0.717, 1.165) is 64.6 Å². The first-order valence-corrected chi connectivity index (χ1v) is 25.9. The first-order chi connectivity index (χ1) is 28.3. The van der Waals surface area contributed by atoms with Crippen molar-refractivity contribution >= 4 is 12.4 Å². The molecule has 1 unspecified atom stereocenters. The normalized spacial score (nSPS) is 10.9. The van der Waals surface area contributed by atoms with Crippen LogP contribution in [0.3, 0.4) is 0 Å². The largest absolute Gasteiger partial charge is 0.465 e. The molecule has 0 aromatic rings. The van der Waals surface area contributed by atoms with Gasteiger partial charge in [0.1, 0.15) is 12.2 Å². The molecule has 0 saturated carbocycles. The third-order valence-electron chi connectivity index (χ3n) is 9.74. The van der Waals surface area contributed by atoms with Crippen LogP contribution in [0.5, 0.6) is 0 Å². The predicted molar refractivity (Wildman–Crippen MR) is 259 cm³/mol. The maximum atomic E-state index is 12.5. The molecule has 0 saturated heterocycles. The third-order valence-corrected chi connectivity index (χ3v) is 9.74. The number of carbonyl (C=O) groups excluding carboxylic acids is 2. The van der Waals surface area contributed by atoms with Crippen molar-refractivity contribution in [1.82, 2.24) is 4.90 Å². The Morgan fingerprint density at radius 2 is 0.793 bits per heavy atom. The van der Waals surface area contributed by atoms with Crippen LogP contribution in [0.1, 0.15) is 288 Å². The topological polar surface area (TPSA) is 76.1 Å². The molecule has 58 heavy (non-hydrogen) atoms. The molecule has 1 N–H and O–H groups in total. The van der Waals surface area contributed by atoms with E-state index in [1.54, 1.807) is 0 Å². The van der Waals surface area contributed by atoms with E-state index in [-0.39, 0.29) is 24.8 Å². The van der Waals surface area contributed by atoms with Crippen molar-refractivity contribution in [1.29, 1.82) is 0 Å². The zero-order valence-corrected chi connectivity index (χ0v) is 41.9. The molecule has 0 heterocycles. The lowest BCUT2D eigenvalue weighted by atomic mass is 10.0. The Labute approximate surface area is 366 Å². The summed E-state index contributed by atoms with van der Waals surface area (Å²) in [6, 6.07) is 0. The van der Waals surface area contributed by atoms with Crippen LogP contribution >= 0.6 is 0 Å². The highest BCUT2D eigenvalue weighted by molar-refractivity contribution is 5.69. The highest BCUT2D eigenvalue weighted by Gasteiger charge is 2.14. The summed E-state index contributed by atoms with van der Waals surface area (Å²) in [4.78, 5) is 25.0. The van der Waals surface area contributed by atoms with Crippen molar-refractivity contribution in [2.75, 3.05) is 26.2 Å². The summed E-state index contributed by atoms with van der Waals surface area (Å²) in [6.07, 6.45) is 40.1. The highest BCUT2D eigenvalue weighted by Crippen LogP contribution is 2.18. The number of hydrogen-bond acceptors (Lipinski definition) is 6. The van der Waals surface area contributed by atoms with Gasteiger partial charge in [-0.05, 0) is 77.3 Å². The van der Waals surface area contributed by atoms with E-state index in [9.17, 15) is 14.7 Å². The lowest BCUT2D eigenvalue weighted by Crippen LogP contribution is -2.29. The van der Waals surface area contributed by atoms with Crippen molar-refractivity contribution in [2.24, 2.45) is 0 Å². The lowest BCUT2D eigenvalue weighted by molar-refractivity contribution is -0.150. The lowest BCUT2D eigenvalue weighted by Gasteiger charge is -2.21. The summed E-state index contributed by atoms with van der Waals surface area (Å²) in [5.41, 5.74) is 0. The van der Waals surface area contributed by atoms with Crippen LogP contribution in [0.2, 0.25) is 0 Å². The van der Waals surface area contributed by atoms with Gasteiger partial charge in [-0.15, -0.1) is 0 Å². The molecule has 0 spiro atoms. The van der Waals surface area contributed by atoms with Gasteiger partial charge < -0.3 is 19.5 Å². The van der Waals surface area contributed by atoms with Crippen molar-refractivity contribution in [3.05, 3.63) is 0 Å². The smallest absolute Gasteiger partial charge is 0.306 e. The number of aliphatic hydroxyl groups excluding tert-OH is 1. The van der Waals surface area contributed by atoms with E-state index < -0.39 is 0 Å². The van der Waals surface area contributed by atoms with Gasteiger partial charge in [-0.3, -0.25) is 9.59 Å². The van der Waals surface area contributed by atoms with Gasteiger partial charge in [0.2, 0.25) is 0 Å². The van der Waals surface area contributed by atoms with Gasteiger partial charge in [-0.1, -0.05) is 217 Å². The molecule has 0 aliphatic heterocycles. The molecule has 354 valence electrons. The van der Waals surface area contributed by atoms with E-state index in [4.69, 9.17) is 9.47 Å². The molecule has 0 amide bonds. The van der Waals surface area contributed by atoms with E-state index >= 15 is 0 Å².